The molecule has 6 heteroatoms. The standard InChI is InChI=1S/C11H19N3O3/c1-9-10(8-16)11(13(2)12-9)14(4-6-15)5-7-17-3/h8,15H,4-7H2,1-3H3. The number of hydrogen-bond acceptors (Lipinski definition) is 5. The number of carbonyl (C=O) groups excluding carboxylic acids is 1. The first-order chi connectivity index (χ1) is 8.15. The number of anilines is 1. The van der Waals surface area contributed by atoms with Crippen LogP contribution in [0, 0.1) is 6.92 Å². The van der Waals surface area contributed by atoms with Gasteiger partial charge in [-0.3, -0.25) is 9.48 Å². The zero-order valence-corrected chi connectivity index (χ0v) is 10.5. The van der Waals surface area contributed by atoms with Crippen LogP contribution in [-0.2, 0) is 11.8 Å². The lowest BCUT2D eigenvalue weighted by atomic mass is 10.2. The number of hydrogen-bond donors (Lipinski definition) is 1. The maximum Gasteiger partial charge on any atom is 0.155 e. The molecule has 0 spiro atoms. The fourth-order valence-electron chi connectivity index (χ4n) is 1.82. The molecule has 0 amide bonds. The van der Waals surface area contributed by atoms with Gasteiger partial charge in [0.1, 0.15) is 5.82 Å². The fraction of sp³-hybridized carbons (Fsp3) is 0.636. The van der Waals surface area contributed by atoms with Gasteiger partial charge in [0, 0.05) is 27.2 Å². The second kappa shape index (κ2) is 6.36. The summed E-state index contributed by atoms with van der Waals surface area (Å²) >= 11 is 0. The summed E-state index contributed by atoms with van der Waals surface area (Å²) in [6.45, 7) is 3.40. The zero-order chi connectivity index (χ0) is 12.8. The Kier molecular flexibility index (Phi) is 5.11. The topological polar surface area (TPSA) is 67.6 Å². The smallest absolute Gasteiger partial charge is 0.155 e. The van der Waals surface area contributed by atoms with Crippen LogP contribution >= 0.6 is 0 Å². The lowest BCUT2D eigenvalue weighted by molar-refractivity contribution is 0.112. The van der Waals surface area contributed by atoms with Crippen molar-refractivity contribution in [2.45, 2.75) is 6.92 Å². The average Bonchev–Trinajstić information content (AvgIpc) is 2.59. The predicted molar refractivity (Wildman–Crippen MR) is 64.5 cm³/mol. The van der Waals surface area contributed by atoms with Crippen LogP contribution in [0.3, 0.4) is 0 Å². The summed E-state index contributed by atoms with van der Waals surface area (Å²) in [5.74, 6) is 0.726. The fourth-order valence-corrected chi connectivity index (χ4v) is 1.82. The van der Waals surface area contributed by atoms with Crippen LogP contribution in [0.5, 0.6) is 0 Å². The molecule has 0 bridgehead atoms. The van der Waals surface area contributed by atoms with Crippen molar-refractivity contribution in [1.29, 1.82) is 0 Å². The van der Waals surface area contributed by atoms with E-state index in [-0.39, 0.29) is 6.61 Å². The molecule has 0 radical (unpaired) electrons. The first-order valence-corrected chi connectivity index (χ1v) is 5.49. The van der Waals surface area contributed by atoms with Crippen molar-refractivity contribution in [2.24, 2.45) is 7.05 Å². The molecule has 0 aliphatic rings. The van der Waals surface area contributed by atoms with Crippen molar-refractivity contribution in [3.05, 3.63) is 11.3 Å². The Morgan fingerprint density at radius 2 is 2.24 bits per heavy atom. The van der Waals surface area contributed by atoms with Crippen LogP contribution in [0.2, 0.25) is 0 Å². The molecule has 0 fully saturated rings. The van der Waals surface area contributed by atoms with E-state index in [1.807, 2.05) is 4.90 Å². The molecule has 96 valence electrons. The minimum Gasteiger partial charge on any atom is -0.395 e. The molecule has 1 heterocycles. The molecule has 1 N–H and O–H groups in total. The quantitative estimate of drug-likeness (QED) is 0.680. The number of methoxy groups -OCH3 is 1. The van der Waals surface area contributed by atoms with Gasteiger partial charge in [0.05, 0.1) is 24.5 Å². The molecule has 0 aromatic carbocycles. The Labute approximate surface area is 101 Å². The van der Waals surface area contributed by atoms with Crippen LogP contribution in [0.25, 0.3) is 0 Å². The first-order valence-electron chi connectivity index (χ1n) is 5.49. The number of aryl methyl sites for hydroxylation is 2. The van der Waals surface area contributed by atoms with E-state index in [9.17, 15) is 4.79 Å². The number of nitrogens with zero attached hydrogens (tertiary/aromatic N) is 3. The number of aldehydes is 1. The van der Waals surface area contributed by atoms with Gasteiger partial charge >= 0.3 is 0 Å². The van der Waals surface area contributed by atoms with Gasteiger partial charge < -0.3 is 14.7 Å². The molecular formula is C11H19N3O3. The molecule has 0 aliphatic carbocycles. The Balaban J connectivity index is 3.03. The van der Waals surface area contributed by atoms with Gasteiger partial charge in [0.2, 0.25) is 0 Å². The predicted octanol–water partition coefficient (Wildman–Crippen LogP) is -0.0139. The maximum absolute atomic E-state index is 11.1. The maximum atomic E-state index is 11.1. The highest BCUT2D eigenvalue weighted by atomic mass is 16.5. The van der Waals surface area contributed by atoms with E-state index in [2.05, 4.69) is 5.10 Å². The van der Waals surface area contributed by atoms with E-state index >= 15 is 0 Å². The Bertz CT molecular complexity index is 376. The molecular weight excluding hydrogens is 222 g/mol. The molecule has 0 unspecified atom stereocenters. The molecule has 0 aliphatic heterocycles. The Morgan fingerprint density at radius 1 is 1.53 bits per heavy atom. The third kappa shape index (κ3) is 3.04. The van der Waals surface area contributed by atoms with E-state index < -0.39 is 0 Å². The van der Waals surface area contributed by atoms with Crippen LogP contribution in [-0.4, -0.2) is 54.6 Å². The normalized spacial score (nSPS) is 10.6. The summed E-state index contributed by atoms with van der Waals surface area (Å²) in [7, 11) is 3.40. The monoisotopic (exact) mass is 241 g/mol. The van der Waals surface area contributed by atoms with Crippen molar-refractivity contribution < 1.29 is 14.6 Å². The van der Waals surface area contributed by atoms with Gasteiger partial charge in [0.25, 0.3) is 0 Å². The van der Waals surface area contributed by atoms with Gasteiger partial charge in [-0.1, -0.05) is 0 Å². The van der Waals surface area contributed by atoms with Gasteiger partial charge in [-0.25, -0.2) is 0 Å². The van der Waals surface area contributed by atoms with Crippen LogP contribution < -0.4 is 4.90 Å². The average molecular weight is 241 g/mol. The SMILES string of the molecule is COCCN(CCO)c1c(C=O)c(C)nn1C. The van der Waals surface area contributed by atoms with Crippen molar-refractivity contribution in [2.75, 3.05) is 38.3 Å². The molecule has 0 saturated heterocycles. The third-order valence-corrected chi connectivity index (χ3v) is 2.59. The number of aliphatic hydroxyl groups excluding tert-OH is 1. The summed E-state index contributed by atoms with van der Waals surface area (Å²) in [5.41, 5.74) is 1.26. The van der Waals surface area contributed by atoms with E-state index in [0.29, 0.717) is 31.0 Å². The number of carbonyl (C=O) groups is 1. The van der Waals surface area contributed by atoms with E-state index in [4.69, 9.17) is 9.84 Å². The molecule has 1 aromatic heterocycles. The second-order valence-electron chi connectivity index (χ2n) is 3.77. The minimum atomic E-state index is 0.0201. The van der Waals surface area contributed by atoms with Gasteiger partial charge in [-0.05, 0) is 6.92 Å². The zero-order valence-electron chi connectivity index (χ0n) is 10.5. The van der Waals surface area contributed by atoms with Crippen molar-refractivity contribution in [3.8, 4) is 0 Å². The van der Waals surface area contributed by atoms with Crippen LogP contribution in [0.1, 0.15) is 16.1 Å². The third-order valence-electron chi connectivity index (χ3n) is 2.59. The van der Waals surface area contributed by atoms with Crippen molar-refractivity contribution in [3.63, 3.8) is 0 Å². The number of ether oxygens (including phenoxy) is 1. The first kappa shape index (κ1) is 13.7. The van der Waals surface area contributed by atoms with Crippen molar-refractivity contribution in [1.82, 2.24) is 9.78 Å². The highest BCUT2D eigenvalue weighted by Gasteiger charge is 2.18. The van der Waals surface area contributed by atoms with Crippen LogP contribution in [0.4, 0.5) is 5.82 Å². The summed E-state index contributed by atoms with van der Waals surface area (Å²) in [5, 5.41) is 13.3. The summed E-state index contributed by atoms with van der Waals surface area (Å²) in [6, 6.07) is 0. The number of aliphatic hydroxyl groups is 1. The number of rotatable bonds is 7. The lowest BCUT2D eigenvalue weighted by Crippen LogP contribution is -2.32. The van der Waals surface area contributed by atoms with Gasteiger partial charge in [-0.15, -0.1) is 0 Å². The Morgan fingerprint density at radius 3 is 2.76 bits per heavy atom. The molecule has 1 rings (SSSR count). The summed E-state index contributed by atoms with van der Waals surface area (Å²) < 4.78 is 6.68. The molecule has 1 aromatic rings. The lowest BCUT2D eigenvalue weighted by Gasteiger charge is -2.23. The number of aromatic nitrogens is 2. The van der Waals surface area contributed by atoms with Gasteiger partial charge in [0.15, 0.2) is 6.29 Å². The van der Waals surface area contributed by atoms with E-state index in [1.165, 1.54) is 0 Å². The largest absolute Gasteiger partial charge is 0.395 e. The highest BCUT2D eigenvalue weighted by Crippen LogP contribution is 2.20. The van der Waals surface area contributed by atoms with Crippen LogP contribution in [0.15, 0.2) is 0 Å². The van der Waals surface area contributed by atoms with Gasteiger partial charge in [-0.2, -0.15) is 5.10 Å². The van der Waals surface area contributed by atoms with E-state index in [0.717, 1.165) is 12.1 Å². The molecule has 6 nitrogen and oxygen atoms in total. The van der Waals surface area contributed by atoms with E-state index in [1.54, 1.807) is 25.8 Å². The molecule has 0 atom stereocenters. The highest BCUT2D eigenvalue weighted by molar-refractivity contribution is 5.84. The summed E-state index contributed by atoms with van der Waals surface area (Å²) in [6.07, 6.45) is 0.800. The Hall–Kier alpha value is -1.40. The summed E-state index contributed by atoms with van der Waals surface area (Å²) in [4.78, 5) is 13.0. The second-order valence-corrected chi connectivity index (χ2v) is 3.77. The molecule has 0 saturated carbocycles. The minimum absolute atomic E-state index is 0.0201. The molecule has 17 heavy (non-hydrogen) atoms. The van der Waals surface area contributed by atoms with Crippen molar-refractivity contribution >= 4 is 12.1 Å².